The Morgan fingerprint density at radius 3 is 2.72 bits per heavy atom. The molecular weight excluding hydrogens is 406 g/mol. The summed E-state index contributed by atoms with van der Waals surface area (Å²) in [5, 5.41) is 7.67. The minimum atomic E-state index is -0.673. The normalized spacial score (nSPS) is 17.7. The number of carbonyl (C=O) groups excluding carboxylic acids is 3. The average molecular weight is 429 g/mol. The Hall–Kier alpha value is -3.71. The second kappa shape index (κ2) is 8.09. The number of amides is 3. The number of hydrogen-bond donors (Lipinski definition) is 2. The number of methoxy groups -OCH3 is 1. The van der Waals surface area contributed by atoms with Crippen LogP contribution in [0, 0.1) is 0 Å². The van der Waals surface area contributed by atoms with Crippen LogP contribution in [-0.2, 0) is 22.7 Å². The Bertz CT molecular complexity index is 1250. The lowest BCUT2D eigenvalue weighted by Gasteiger charge is -2.30. The van der Waals surface area contributed by atoms with Gasteiger partial charge in [0.15, 0.2) is 0 Å². The molecule has 7 nitrogen and oxygen atoms in total. The second-order valence-electron chi connectivity index (χ2n) is 8.07. The van der Waals surface area contributed by atoms with E-state index in [2.05, 4.69) is 10.6 Å². The molecule has 3 aromatic rings. The molecule has 7 heteroatoms. The van der Waals surface area contributed by atoms with Crippen molar-refractivity contribution >= 4 is 34.2 Å². The molecule has 2 aliphatic heterocycles. The molecule has 0 saturated carbocycles. The Morgan fingerprint density at radius 2 is 1.91 bits per heavy atom. The largest absolute Gasteiger partial charge is 0.497 e. The van der Waals surface area contributed by atoms with Gasteiger partial charge >= 0.3 is 0 Å². The number of imide groups is 1. The number of carbonyl (C=O) groups is 3. The molecule has 5 rings (SSSR count). The molecule has 0 aliphatic carbocycles. The topological polar surface area (TPSA) is 87.7 Å². The number of hydrogen-bond acceptors (Lipinski definition) is 5. The molecule has 2 aliphatic rings. The van der Waals surface area contributed by atoms with Gasteiger partial charge in [0, 0.05) is 30.5 Å². The summed E-state index contributed by atoms with van der Waals surface area (Å²) < 4.78 is 5.28. The number of nitrogens with zero attached hydrogens (tertiary/aromatic N) is 1. The van der Waals surface area contributed by atoms with Crippen LogP contribution in [0.25, 0.3) is 10.8 Å². The Labute approximate surface area is 185 Å². The predicted molar refractivity (Wildman–Crippen MR) is 120 cm³/mol. The molecule has 2 heterocycles. The van der Waals surface area contributed by atoms with Crippen molar-refractivity contribution in [2.75, 3.05) is 12.0 Å². The van der Waals surface area contributed by atoms with Gasteiger partial charge in [-0.25, -0.2) is 0 Å². The molecule has 1 unspecified atom stereocenters. The summed E-state index contributed by atoms with van der Waals surface area (Å²) in [6.45, 7) is 1.31. The standard InChI is InChI=1S/C25H23N3O4/c1-32-17-5-2-4-15(12-17)13-26-14-16-8-9-19-23-18(16)6-3-7-20(23)28(25(19)31)21-10-11-22(29)27-24(21)30/h2-9,12,21,26H,10-11,13-14H2,1H3,(H,27,29,30). The molecule has 2 N–H and O–H groups in total. The van der Waals surface area contributed by atoms with Crippen LogP contribution in [0.5, 0.6) is 5.75 Å². The van der Waals surface area contributed by atoms with Gasteiger partial charge in [-0.15, -0.1) is 0 Å². The monoisotopic (exact) mass is 429 g/mol. The Kier molecular flexibility index (Phi) is 5.11. The van der Waals surface area contributed by atoms with Crippen LogP contribution in [-0.4, -0.2) is 30.9 Å². The van der Waals surface area contributed by atoms with Crippen LogP contribution >= 0.6 is 0 Å². The second-order valence-corrected chi connectivity index (χ2v) is 8.07. The van der Waals surface area contributed by atoms with Crippen LogP contribution in [0.2, 0.25) is 0 Å². The van der Waals surface area contributed by atoms with E-state index in [-0.39, 0.29) is 18.2 Å². The molecule has 0 aromatic heterocycles. The zero-order valence-electron chi connectivity index (χ0n) is 17.7. The maximum absolute atomic E-state index is 13.2. The maximum atomic E-state index is 13.2. The lowest BCUT2D eigenvalue weighted by Crippen LogP contribution is -2.53. The summed E-state index contributed by atoms with van der Waals surface area (Å²) in [5.41, 5.74) is 3.52. The van der Waals surface area contributed by atoms with Crippen molar-refractivity contribution in [1.29, 1.82) is 0 Å². The predicted octanol–water partition coefficient (Wildman–Crippen LogP) is 2.90. The Morgan fingerprint density at radius 1 is 1.06 bits per heavy atom. The summed E-state index contributed by atoms with van der Waals surface area (Å²) in [4.78, 5) is 38.8. The molecule has 0 spiro atoms. The lowest BCUT2D eigenvalue weighted by molar-refractivity contribution is -0.134. The van der Waals surface area contributed by atoms with Gasteiger partial charge in [-0.2, -0.15) is 0 Å². The van der Waals surface area contributed by atoms with Crippen LogP contribution < -0.4 is 20.3 Å². The van der Waals surface area contributed by atoms with Gasteiger partial charge in [-0.05, 0) is 47.2 Å². The van der Waals surface area contributed by atoms with E-state index in [1.807, 2.05) is 54.6 Å². The first-order chi connectivity index (χ1) is 15.6. The van der Waals surface area contributed by atoms with E-state index in [0.29, 0.717) is 25.1 Å². The van der Waals surface area contributed by atoms with Crippen molar-refractivity contribution in [3.8, 4) is 5.75 Å². The SMILES string of the molecule is COc1cccc(CNCc2ccc3c4c(cccc24)N(C2CCC(=O)NC2=O)C3=O)c1. The van der Waals surface area contributed by atoms with Gasteiger partial charge in [0.05, 0.1) is 12.8 Å². The van der Waals surface area contributed by atoms with Gasteiger partial charge in [0.1, 0.15) is 11.8 Å². The van der Waals surface area contributed by atoms with Crippen molar-refractivity contribution in [3.63, 3.8) is 0 Å². The van der Waals surface area contributed by atoms with Crippen molar-refractivity contribution in [2.45, 2.75) is 32.0 Å². The first kappa shape index (κ1) is 20.2. The molecule has 3 amide bonds. The van der Waals surface area contributed by atoms with Gasteiger partial charge in [-0.1, -0.05) is 30.3 Å². The third kappa shape index (κ3) is 3.40. The third-order valence-electron chi connectivity index (χ3n) is 6.12. The maximum Gasteiger partial charge on any atom is 0.259 e. The fraction of sp³-hybridized carbons (Fsp3) is 0.240. The fourth-order valence-electron chi connectivity index (χ4n) is 4.58. The Balaban J connectivity index is 1.42. The van der Waals surface area contributed by atoms with Crippen molar-refractivity contribution in [3.05, 3.63) is 71.3 Å². The quantitative estimate of drug-likeness (QED) is 0.589. The van der Waals surface area contributed by atoms with Crippen LogP contribution in [0.4, 0.5) is 5.69 Å². The van der Waals surface area contributed by atoms with Crippen molar-refractivity contribution in [2.24, 2.45) is 0 Å². The van der Waals surface area contributed by atoms with Crippen LogP contribution in [0.15, 0.2) is 54.6 Å². The number of ether oxygens (including phenoxy) is 1. The van der Waals surface area contributed by atoms with E-state index in [1.165, 1.54) is 0 Å². The molecule has 3 aromatic carbocycles. The highest BCUT2D eigenvalue weighted by atomic mass is 16.5. The lowest BCUT2D eigenvalue weighted by atomic mass is 10.00. The van der Waals surface area contributed by atoms with E-state index >= 15 is 0 Å². The summed E-state index contributed by atoms with van der Waals surface area (Å²) in [6.07, 6.45) is 0.557. The van der Waals surface area contributed by atoms with E-state index in [1.54, 1.807) is 12.0 Å². The molecule has 162 valence electrons. The molecule has 0 bridgehead atoms. The first-order valence-corrected chi connectivity index (χ1v) is 10.6. The highest BCUT2D eigenvalue weighted by Gasteiger charge is 2.40. The average Bonchev–Trinajstić information content (AvgIpc) is 3.08. The third-order valence-corrected chi connectivity index (χ3v) is 6.12. The van der Waals surface area contributed by atoms with Crippen molar-refractivity contribution < 1.29 is 19.1 Å². The molecule has 1 fully saturated rings. The molecule has 1 atom stereocenters. The summed E-state index contributed by atoms with van der Waals surface area (Å²) in [5.74, 6) is -0.0825. The smallest absolute Gasteiger partial charge is 0.259 e. The molecule has 32 heavy (non-hydrogen) atoms. The van der Waals surface area contributed by atoms with Crippen LogP contribution in [0.1, 0.15) is 34.3 Å². The highest BCUT2D eigenvalue weighted by molar-refractivity contribution is 6.27. The summed E-state index contributed by atoms with van der Waals surface area (Å²) in [6, 6.07) is 16.8. The number of nitrogens with one attached hydrogen (secondary N) is 2. The minimum Gasteiger partial charge on any atom is -0.497 e. The van der Waals surface area contributed by atoms with Gasteiger partial charge in [0.2, 0.25) is 11.8 Å². The zero-order chi connectivity index (χ0) is 22.2. The van der Waals surface area contributed by atoms with E-state index in [0.717, 1.165) is 33.3 Å². The highest BCUT2D eigenvalue weighted by Crippen LogP contribution is 2.40. The number of rotatable bonds is 6. The number of anilines is 1. The minimum absolute atomic E-state index is 0.193. The fourth-order valence-corrected chi connectivity index (χ4v) is 4.58. The van der Waals surface area contributed by atoms with Gasteiger partial charge in [0.25, 0.3) is 5.91 Å². The van der Waals surface area contributed by atoms with Gasteiger partial charge in [-0.3, -0.25) is 24.6 Å². The molecular formula is C25H23N3O4. The molecule has 1 saturated heterocycles. The van der Waals surface area contributed by atoms with Gasteiger partial charge < -0.3 is 10.1 Å². The van der Waals surface area contributed by atoms with E-state index in [9.17, 15) is 14.4 Å². The summed E-state index contributed by atoms with van der Waals surface area (Å²) >= 11 is 0. The van der Waals surface area contributed by atoms with E-state index in [4.69, 9.17) is 4.74 Å². The number of benzene rings is 3. The van der Waals surface area contributed by atoms with E-state index < -0.39 is 11.9 Å². The van der Waals surface area contributed by atoms with Crippen LogP contribution in [0.3, 0.4) is 0 Å². The van der Waals surface area contributed by atoms with Crippen molar-refractivity contribution in [1.82, 2.24) is 10.6 Å². The molecule has 0 radical (unpaired) electrons. The first-order valence-electron chi connectivity index (χ1n) is 10.6. The number of piperidine rings is 1. The summed E-state index contributed by atoms with van der Waals surface area (Å²) in [7, 11) is 1.65. The zero-order valence-corrected chi connectivity index (χ0v) is 17.7.